The highest BCUT2D eigenvalue weighted by molar-refractivity contribution is 7.89. The summed E-state index contributed by atoms with van der Waals surface area (Å²) in [4.78, 5) is 16.6. The van der Waals surface area contributed by atoms with Gasteiger partial charge in [-0.15, -0.1) is 0 Å². The molecule has 1 N–H and O–H groups in total. The molecule has 2 aromatic carbocycles. The normalized spacial score (nSPS) is 11.3. The fourth-order valence-electron chi connectivity index (χ4n) is 2.81. The van der Waals surface area contributed by atoms with Crippen molar-refractivity contribution >= 4 is 21.6 Å². The summed E-state index contributed by atoms with van der Waals surface area (Å²) in [5.41, 5.74) is 3.85. The first-order valence-corrected chi connectivity index (χ1v) is 10.1. The maximum Gasteiger partial charge on any atom is 0.253 e. The Bertz CT molecular complexity index is 936. The summed E-state index contributed by atoms with van der Waals surface area (Å²) in [7, 11) is 3.39. The molecule has 0 atom stereocenters. The van der Waals surface area contributed by atoms with Crippen molar-refractivity contribution in [1.82, 2.24) is 9.62 Å². The third-order valence-electron chi connectivity index (χ3n) is 4.64. The number of benzene rings is 2. The number of hydrogen-bond donors (Lipinski definition) is 1. The Morgan fingerprint density at radius 2 is 1.63 bits per heavy atom. The first-order chi connectivity index (χ1) is 12.6. The van der Waals surface area contributed by atoms with Crippen LogP contribution in [0.2, 0.25) is 0 Å². The van der Waals surface area contributed by atoms with Gasteiger partial charge in [0.15, 0.2) is 0 Å². The van der Waals surface area contributed by atoms with Crippen molar-refractivity contribution in [2.75, 3.05) is 33.1 Å². The maximum atomic E-state index is 12.9. The molecule has 2 rings (SSSR count). The van der Waals surface area contributed by atoms with Gasteiger partial charge >= 0.3 is 0 Å². The molecule has 0 unspecified atom stereocenters. The van der Waals surface area contributed by atoms with Crippen molar-refractivity contribution in [3.8, 4) is 0 Å². The predicted octanol–water partition coefficient (Wildman–Crippen LogP) is 2.55. The number of sulfonamides is 1. The predicted molar refractivity (Wildman–Crippen MR) is 109 cm³/mol. The molecular formula is C20H27N3O3S. The van der Waals surface area contributed by atoms with Gasteiger partial charge in [0.25, 0.3) is 5.91 Å². The second kappa shape index (κ2) is 8.10. The number of rotatable bonds is 6. The first-order valence-electron chi connectivity index (χ1n) is 8.63. The van der Waals surface area contributed by atoms with Crippen molar-refractivity contribution < 1.29 is 13.2 Å². The van der Waals surface area contributed by atoms with E-state index >= 15 is 0 Å². The Morgan fingerprint density at radius 1 is 1.04 bits per heavy atom. The molecule has 0 bridgehead atoms. The van der Waals surface area contributed by atoms with E-state index in [4.69, 9.17) is 0 Å². The number of anilines is 1. The van der Waals surface area contributed by atoms with Crippen molar-refractivity contribution in [3.63, 3.8) is 0 Å². The molecule has 0 aliphatic carbocycles. The van der Waals surface area contributed by atoms with Gasteiger partial charge < -0.3 is 9.80 Å². The fraction of sp³-hybridized carbons (Fsp3) is 0.350. The molecule has 0 radical (unpaired) electrons. The van der Waals surface area contributed by atoms with Crippen molar-refractivity contribution in [1.29, 1.82) is 0 Å². The zero-order valence-corrected chi connectivity index (χ0v) is 17.5. The van der Waals surface area contributed by atoms with E-state index in [2.05, 4.69) is 4.72 Å². The van der Waals surface area contributed by atoms with Gasteiger partial charge in [0.1, 0.15) is 0 Å². The van der Waals surface area contributed by atoms with Crippen LogP contribution < -0.4 is 9.62 Å². The summed E-state index contributed by atoms with van der Waals surface area (Å²) < 4.78 is 26.8. The summed E-state index contributed by atoms with van der Waals surface area (Å²) in [5.74, 6) is -0.220. The monoisotopic (exact) mass is 389 g/mol. The quantitative estimate of drug-likeness (QED) is 0.824. The SMILES string of the molecule is CNS(=O)(=O)c1cc(C(=O)N(C)Cc2ccc(N(C)C)cc2)cc(C)c1C. The van der Waals surface area contributed by atoms with E-state index in [0.29, 0.717) is 17.7 Å². The summed E-state index contributed by atoms with van der Waals surface area (Å²) >= 11 is 0. The van der Waals surface area contributed by atoms with Crippen LogP contribution in [0.15, 0.2) is 41.3 Å². The number of nitrogens with zero attached hydrogens (tertiary/aromatic N) is 2. The van der Waals surface area contributed by atoms with Gasteiger partial charge in [0.2, 0.25) is 10.0 Å². The number of nitrogens with one attached hydrogen (secondary N) is 1. The largest absolute Gasteiger partial charge is 0.378 e. The number of hydrogen-bond acceptors (Lipinski definition) is 4. The van der Waals surface area contributed by atoms with Gasteiger partial charge in [-0.2, -0.15) is 0 Å². The van der Waals surface area contributed by atoms with E-state index in [1.165, 1.54) is 13.1 Å². The lowest BCUT2D eigenvalue weighted by Gasteiger charge is -2.20. The van der Waals surface area contributed by atoms with E-state index in [1.807, 2.05) is 43.3 Å². The van der Waals surface area contributed by atoms with Crippen LogP contribution in [-0.4, -0.2) is 47.4 Å². The zero-order chi connectivity index (χ0) is 20.4. The van der Waals surface area contributed by atoms with Crippen LogP contribution in [0.1, 0.15) is 27.0 Å². The lowest BCUT2D eigenvalue weighted by molar-refractivity contribution is 0.0784. The fourth-order valence-corrected chi connectivity index (χ4v) is 3.87. The number of aryl methyl sites for hydroxylation is 1. The third kappa shape index (κ3) is 4.67. The second-order valence-electron chi connectivity index (χ2n) is 6.85. The standard InChI is InChI=1S/C20H27N3O3S/c1-14-11-17(12-19(15(14)2)27(25,26)21-3)20(24)23(6)13-16-7-9-18(10-8-16)22(4)5/h7-12,21H,13H2,1-6H3. The Labute approximate surface area is 161 Å². The minimum atomic E-state index is -3.63. The topological polar surface area (TPSA) is 69.7 Å². The Balaban J connectivity index is 2.28. The molecule has 7 heteroatoms. The van der Waals surface area contributed by atoms with Crippen LogP contribution in [0.5, 0.6) is 0 Å². The summed E-state index contributed by atoms with van der Waals surface area (Å²) in [5, 5.41) is 0. The van der Waals surface area contributed by atoms with Crippen LogP contribution >= 0.6 is 0 Å². The van der Waals surface area contributed by atoms with Gasteiger partial charge in [-0.05, 0) is 61.9 Å². The highest BCUT2D eigenvalue weighted by Crippen LogP contribution is 2.22. The smallest absolute Gasteiger partial charge is 0.253 e. The molecule has 27 heavy (non-hydrogen) atoms. The molecule has 0 saturated heterocycles. The Morgan fingerprint density at radius 3 is 2.15 bits per heavy atom. The van der Waals surface area contributed by atoms with Crippen molar-refractivity contribution in [3.05, 3.63) is 58.7 Å². The summed E-state index contributed by atoms with van der Waals surface area (Å²) in [6.07, 6.45) is 0. The van der Waals surface area contributed by atoms with E-state index in [1.54, 1.807) is 31.9 Å². The lowest BCUT2D eigenvalue weighted by Crippen LogP contribution is -2.27. The molecule has 0 saturated carbocycles. The van der Waals surface area contributed by atoms with Crippen molar-refractivity contribution in [2.24, 2.45) is 0 Å². The third-order valence-corrected chi connectivity index (χ3v) is 6.18. The molecule has 1 amide bonds. The number of carbonyl (C=O) groups excluding carboxylic acids is 1. The van der Waals surface area contributed by atoms with E-state index in [9.17, 15) is 13.2 Å². The van der Waals surface area contributed by atoms with Crippen LogP contribution in [0.25, 0.3) is 0 Å². The van der Waals surface area contributed by atoms with E-state index in [-0.39, 0.29) is 10.8 Å². The minimum Gasteiger partial charge on any atom is -0.378 e. The molecule has 0 aromatic heterocycles. The first kappa shape index (κ1) is 20.9. The van der Waals surface area contributed by atoms with Crippen LogP contribution in [-0.2, 0) is 16.6 Å². The Hall–Kier alpha value is -2.38. The van der Waals surface area contributed by atoms with Gasteiger partial charge in [-0.25, -0.2) is 13.1 Å². The molecule has 0 spiro atoms. The summed E-state index contributed by atoms with van der Waals surface area (Å²) in [6, 6.07) is 11.1. The molecule has 0 heterocycles. The van der Waals surface area contributed by atoms with Crippen LogP contribution in [0, 0.1) is 13.8 Å². The Kier molecular flexibility index (Phi) is 6.28. The highest BCUT2D eigenvalue weighted by Gasteiger charge is 2.21. The second-order valence-corrected chi connectivity index (χ2v) is 8.70. The lowest BCUT2D eigenvalue weighted by atomic mass is 10.1. The molecule has 6 nitrogen and oxygen atoms in total. The molecule has 0 aliphatic heterocycles. The van der Waals surface area contributed by atoms with Crippen LogP contribution in [0.3, 0.4) is 0 Å². The van der Waals surface area contributed by atoms with Crippen molar-refractivity contribution in [2.45, 2.75) is 25.3 Å². The average Bonchev–Trinajstić information content (AvgIpc) is 2.63. The van der Waals surface area contributed by atoms with Gasteiger partial charge in [-0.3, -0.25) is 4.79 Å². The summed E-state index contributed by atoms with van der Waals surface area (Å²) in [6.45, 7) is 3.98. The highest BCUT2D eigenvalue weighted by atomic mass is 32.2. The zero-order valence-electron chi connectivity index (χ0n) is 16.7. The number of carbonyl (C=O) groups is 1. The molecule has 146 valence electrons. The van der Waals surface area contributed by atoms with Gasteiger partial charge in [-0.1, -0.05) is 12.1 Å². The van der Waals surface area contributed by atoms with Gasteiger partial charge in [0, 0.05) is 38.9 Å². The van der Waals surface area contributed by atoms with E-state index < -0.39 is 10.0 Å². The van der Waals surface area contributed by atoms with Gasteiger partial charge in [0.05, 0.1) is 4.90 Å². The maximum absolute atomic E-state index is 12.9. The molecule has 0 aliphatic rings. The molecule has 0 fully saturated rings. The average molecular weight is 390 g/mol. The minimum absolute atomic E-state index is 0.136. The molecule has 2 aromatic rings. The number of amides is 1. The van der Waals surface area contributed by atoms with Crippen LogP contribution in [0.4, 0.5) is 5.69 Å². The van der Waals surface area contributed by atoms with E-state index in [0.717, 1.165) is 16.8 Å². The molecular weight excluding hydrogens is 362 g/mol.